The first-order valence-electron chi connectivity index (χ1n) is 6.75. The summed E-state index contributed by atoms with van der Waals surface area (Å²) >= 11 is 0. The molecule has 124 valence electrons. The van der Waals surface area contributed by atoms with Crippen molar-refractivity contribution >= 4 is 23.5 Å². The Morgan fingerprint density at radius 2 is 2.00 bits per heavy atom. The summed E-state index contributed by atoms with van der Waals surface area (Å²) in [7, 11) is 3.42. The lowest BCUT2D eigenvalue weighted by atomic mass is 10.1. The number of ether oxygens (including phenoxy) is 1. The number of rotatable bonds is 5. The van der Waals surface area contributed by atoms with Crippen molar-refractivity contribution in [3.05, 3.63) is 35.7 Å². The van der Waals surface area contributed by atoms with E-state index in [0.29, 0.717) is 5.56 Å². The number of alkyl halides is 2. The van der Waals surface area contributed by atoms with Gasteiger partial charge in [0.05, 0.1) is 5.57 Å². The molecule has 0 unspecified atom stereocenters. The molecule has 2 N–H and O–H groups in total. The number of nitrogens with zero attached hydrogens (tertiary/aromatic N) is 5. The van der Waals surface area contributed by atoms with Crippen LogP contribution in [-0.4, -0.2) is 35.7 Å². The lowest BCUT2D eigenvalue weighted by molar-refractivity contribution is -0.0499. The van der Waals surface area contributed by atoms with Crippen LogP contribution in [0.3, 0.4) is 0 Å². The Balaban J connectivity index is 2.50. The molecule has 1 aromatic carbocycles. The van der Waals surface area contributed by atoms with Crippen molar-refractivity contribution in [2.45, 2.75) is 6.61 Å². The highest BCUT2D eigenvalue weighted by Crippen LogP contribution is 2.25. The molecule has 2 rings (SSSR count). The zero-order valence-corrected chi connectivity index (χ0v) is 12.9. The molecule has 0 aliphatic carbocycles. The molecular weight excluding hydrogens is 318 g/mol. The first kappa shape index (κ1) is 17.1. The van der Waals surface area contributed by atoms with Crippen LogP contribution in [0.15, 0.2) is 24.3 Å². The molecule has 2 aromatic rings. The number of hydrogen-bond donors (Lipinski definition) is 1. The molecule has 0 atom stereocenters. The number of para-hydroxylation sites is 1. The Hall–Kier alpha value is -3.28. The number of nitriles is 1. The van der Waals surface area contributed by atoms with Crippen LogP contribution in [0.4, 0.5) is 20.7 Å². The lowest BCUT2D eigenvalue weighted by Crippen LogP contribution is -2.15. The van der Waals surface area contributed by atoms with Gasteiger partial charge in [0, 0.05) is 19.7 Å². The van der Waals surface area contributed by atoms with Gasteiger partial charge in [0.15, 0.2) is 5.82 Å². The van der Waals surface area contributed by atoms with Gasteiger partial charge in [0.2, 0.25) is 11.9 Å². The maximum Gasteiger partial charge on any atom is 0.387 e. The highest BCUT2D eigenvalue weighted by atomic mass is 19.3. The van der Waals surface area contributed by atoms with E-state index in [1.165, 1.54) is 18.2 Å². The summed E-state index contributed by atoms with van der Waals surface area (Å²) in [4.78, 5) is 13.6. The molecule has 0 aliphatic rings. The van der Waals surface area contributed by atoms with Gasteiger partial charge in [-0.1, -0.05) is 18.2 Å². The van der Waals surface area contributed by atoms with Crippen LogP contribution in [0.1, 0.15) is 11.4 Å². The van der Waals surface area contributed by atoms with Gasteiger partial charge in [-0.05, 0) is 12.1 Å². The Bertz CT molecular complexity index is 801. The SMILES string of the molecule is CN(C)c1nc(N)nc(C(C#N)=Cc2ccccc2OC(F)F)n1. The average Bonchev–Trinajstić information content (AvgIpc) is 2.52. The van der Waals surface area contributed by atoms with E-state index in [-0.39, 0.29) is 29.0 Å². The molecule has 24 heavy (non-hydrogen) atoms. The van der Waals surface area contributed by atoms with Gasteiger partial charge < -0.3 is 15.4 Å². The highest BCUT2D eigenvalue weighted by molar-refractivity contribution is 5.88. The van der Waals surface area contributed by atoms with Crippen molar-refractivity contribution in [3.8, 4) is 11.8 Å². The average molecular weight is 332 g/mol. The van der Waals surface area contributed by atoms with E-state index in [0.717, 1.165) is 0 Å². The normalized spacial score (nSPS) is 11.2. The summed E-state index contributed by atoms with van der Waals surface area (Å²) in [5.41, 5.74) is 5.96. The van der Waals surface area contributed by atoms with Crippen LogP contribution in [0.25, 0.3) is 11.6 Å². The van der Waals surface area contributed by atoms with Crippen molar-refractivity contribution in [1.82, 2.24) is 15.0 Å². The van der Waals surface area contributed by atoms with Crippen LogP contribution in [-0.2, 0) is 0 Å². The minimum Gasteiger partial charge on any atom is -0.434 e. The van der Waals surface area contributed by atoms with Gasteiger partial charge in [-0.3, -0.25) is 0 Å². The molecule has 7 nitrogen and oxygen atoms in total. The predicted molar refractivity (Wildman–Crippen MR) is 85.1 cm³/mol. The molecule has 0 amide bonds. The molecule has 0 saturated carbocycles. The van der Waals surface area contributed by atoms with Crippen LogP contribution >= 0.6 is 0 Å². The number of hydrogen-bond acceptors (Lipinski definition) is 7. The van der Waals surface area contributed by atoms with Crippen LogP contribution in [0.2, 0.25) is 0 Å². The number of benzene rings is 1. The maximum atomic E-state index is 12.5. The number of anilines is 2. The fourth-order valence-electron chi connectivity index (χ4n) is 1.81. The molecule has 0 radical (unpaired) electrons. The number of halogens is 2. The second-order valence-corrected chi connectivity index (χ2v) is 4.80. The maximum absolute atomic E-state index is 12.5. The predicted octanol–water partition coefficient (Wildman–Crippen LogP) is 2.19. The van der Waals surface area contributed by atoms with Crippen molar-refractivity contribution in [1.29, 1.82) is 5.26 Å². The molecular formula is C15H14F2N6O. The molecule has 0 spiro atoms. The zero-order valence-electron chi connectivity index (χ0n) is 12.9. The summed E-state index contributed by atoms with van der Waals surface area (Å²) in [6.07, 6.45) is 1.35. The van der Waals surface area contributed by atoms with E-state index in [1.807, 2.05) is 6.07 Å². The fraction of sp³-hybridized carbons (Fsp3) is 0.200. The second-order valence-electron chi connectivity index (χ2n) is 4.80. The lowest BCUT2D eigenvalue weighted by Gasteiger charge is -2.11. The van der Waals surface area contributed by atoms with Crippen molar-refractivity contribution < 1.29 is 13.5 Å². The highest BCUT2D eigenvalue weighted by Gasteiger charge is 2.13. The largest absolute Gasteiger partial charge is 0.434 e. The third-order valence-corrected chi connectivity index (χ3v) is 2.84. The van der Waals surface area contributed by atoms with E-state index < -0.39 is 6.61 Å². The molecule has 0 aliphatic heterocycles. The fourth-order valence-corrected chi connectivity index (χ4v) is 1.81. The van der Waals surface area contributed by atoms with E-state index >= 15 is 0 Å². The standard InChI is InChI=1S/C15H14F2N6O/c1-23(2)15-21-12(20-14(19)22-15)10(8-18)7-9-5-3-4-6-11(9)24-13(16)17/h3-7,13H,1-2H3,(H2,19,20,21,22). The third kappa shape index (κ3) is 4.13. The Kier molecular flexibility index (Phi) is 5.21. The molecule has 0 bridgehead atoms. The second kappa shape index (κ2) is 7.32. The molecule has 0 fully saturated rings. The van der Waals surface area contributed by atoms with Crippen molar-refractivity contribution in [2.75, 3.05) is 24.7 Å². The quantitative estimate of drug-likeness (QED) is 0.837. The van der Waals surface area contributed by atoms with Crippen LogP contribution in [0, 0.1) is 11.3 Å². The van der Waals surface area contributed by atoms with Gasteiger partial charge >= 0.3 is 6.61 Å². The topological polar surface area (TPSA) is 101 Å². The third-order valence-electron chi connectivity index (χ3n) is 2.84. The van der Waals surface area contributed by atoms with Gasteiger partial charge in [0.1, 0.15) is 11.8 Å². The van der Waals surface area contributed by atoms with Gasteiger partial charge in [-0.15, -0.1) is 0 Å². The van der Waals surface area contributed by atoms with E-state index in [2.05, 4.69) is 19.7 Å². The van der Waals surface area contributed by atoms with Crippen molar-refractivity contribution in [3.63, 3.8) is 0 Å². The van der Waals surface area contributed by atoms with Crippen LogP contribution in [0.5, 0.6) is 5.75 Å². The van der Waals surface area contributed by atoms with Crippen molar-refractivity contribution in [2.24, 2.45) is 0 Å². The summed E-state index contributed by atoms with van der Waals surface area (Å²) in [6.45, 7) is -2.97. The minimum absolute atomic E-state index is 0.0394. The number of aromatic nitrogens is 3. The summed E-state index contributed by atoms with van der Waals surface area (Å²) in [5.74, 6) is 0.202. The van der Waals surface area contributed by atoms with E-state index in [4.69, 9.17) is 5.73 Å². The van der Waals surface area contributed by atoms with E-state index in [9.17, 15) is 14.0 Å². The molecule has 1 heterocycles. The summed E-state index contributed by atoms with van der Waals surface area (Å²) in [5, 5.41) is 9.37. The smallest absolute Gasteiger partial charge is 0.387 e. The van der Waals surface area contributed by atoms with Gasteiger partial charge in [0.25, 0.3) is 0 Å². The van der Waals surface area contributed by atoms with Gasteiger partial charge in [-0.25, -0.2) is 0 Å². The molecule has 0 saturated heterocycles. The first-order valence-corrected chi connectivity index (χ1v) is 6.75. The summed E-state index contributed by atoms with van der Waals surface area (Å²) < 4.78 is 29.4. The van der Waals surface area contributed by atoms with Crippen LogP contribution < -0.4 is 15.4 Å². The Morgan fingerprint density at radius 3 is 2.62 bits per heavy atom. The molecule has 9 heteroatoms. The number of allylic oxidation sites excluding steroid dienone is 1. The Morgan fingerprint density at radius 1 is 1.29 bits per heavy atom. The summed E-state index contributed by atoms with van der Waals surface area (Å²) in [6, 6.07) is 8.02. The number of nitrogens with two attached hydrogens (primary N) is 1. The Labute approximate surface area is 137 Å². The van der Waals surface area contributed by atoms with E-state index in [1.54, 1.807) is 31.1 Å². The monoisotopic (exact) mass is 332 g/mol. The van der Waals surface area contributed by atoms with Gasteiger partial charge in [-0.2, -0.15) is 29.0 Å². The molecule has 1 aromatic heterocycles. The minimum atomic E-state index is -2.97. The number of nitrogen functional groups attached to an aromatic ring is 1. The zero-order chi connectivity index (χ0) is 17.7. The first-order chi connectivity index (χ1) is 11.4.